The number of nitrogens with zero attached hydrogens (tertiary/aromatic N) is 3. The molecule has 0 radical (unpaired) electrons. The lowest BCUT2D eigenvalue weighted by Crippen LogP contribution is -2.06. The van der Waals surface area contributed by atoms with Gasteiger partial charge in [-0.15, -0.1) is 0 Å². The molecule has 0 saturated heterocycles. The third kappa shape index (κ3) is 11.0. The van der Waals surface area contributed by atoms with Crippen LogP contribution in [-0.2, 0) is 52.3 Å². The molecule has 0 bridgehead atoms. The van der Waals surface area contributed by atoms with Crippen molar-refractivity contribution in [3.05, 3.63) is 69.1 Å². The zero-order valence-electron chi connectivity index (χ0n) is 25.7. The highest BCUT2D eigenvalue weighted by Gasteiger charge is 2.13. The van der Waals surface area contributed by atoms with Gasteiger partial charge in [-0.3, -0.25) is 15.0 Å². The van der Waals surface area contributed by atoms with E-state index in [2.05, 4.69) is 21.9 Å². The van der Waals surface area contributed by atoms with Crippen LogP contribution in [0, 0.1) is 6.92 Å². The van der Waals surface area contributed by atoms with E-state index >= 15 is 0 Å². The molecule has 0 aliphatic heterocycles. The first-order valence-electron chi connectivity index (χ1n) is 14.6. The second kappa shape index (κ2) is 20.5. The molecule has 0 fully saturated rings. The lowest BCUT2D eigenvalue weighted by molar-refractivity contribution is 0.278. The predicted molar refractivity (Wildman–Crippen MR) is 166 cm³/mol. The Morgan fingerprint density at radius 3 is 1.37 bits per heavy atom. The average Bonchev–Trinajstić information content (AvgIpc) is 3.02. The Balaban J connectivity index is 0.000000328. The Kier molecular flexibility index (Phi) is 17.9. The number of aryl methyl sites for hydroxylation is 3. The van der Waals surface area contributed by atoms with Crippen molar-refractivity contribution in [2.75, 3.05) is 0 Å². The fraction of sp³-hybridized carbons (Fsp3) is 0.516. The molecule has 0 saturated carbocycles. The van der Waals surface area contributed by atoms with E-state index in [-0.39, 0.29) is 56.7 Å². The summed E-state index contributed by atoms with van der Waals surface area (Å²) < 4.78 is 0. The Bertz CT molecular complexity index is 1260. The first-order chi connectivity index (χ1) is 20.7. The molecule has 3 aromatic rings. The van der Waals surface area contributed by atoms with Gasteiger partial charge in [0, 0.05) is 71.6 Å². The second-order valence-corrected chi connectivity index (χ2v) is 9.96. The maximum Gasteiger partial charge on any atom is 0.141 e. The lowest BCUT2D eigenvalue weighted by atomic mass is 10.0. The number of hydrogen-bond donors (Lipinski definition) is 9. The average molecular weight is 603 g/mol. The van der Waals surface area contributed by atoms with Crippen LogP contribution in [0.2, 0.25) is 0 Å². The minimum atomic E-state index is -0.145. The summed E-state index contributed by atoms with van der Waals surface area (Å²) in [6.07, 6.45) is 11.7. The van der Waals surface area contributed by atoms with Gasteiger partial charge in [-0.05, 0) is 26.2 Å². The molecule has 0 spiro atoms. The van der Waals surface area contributed by atoms with E-state index < -0.39 is 0 Å². The van der Waals surface area contributed by atoms with E-state index in [1.807, 2.05) is 6.92 Å². The summed E-state index contributed by atoms with van der Waals surface area (Å²) in [5.74, 6) is 0.389. The maximum atomic E-state index is 10.0. The van der Waals surface area contributed by atoms with Crippen molar-refractivity contribution in [2.45, 2.75) is 105 Å². The van der Waals surface area contributed by atoms with Crippen molar-refractivity contribution in [1.29, 1.82) is 0 Å². The molecule has 3 aromatic heterocycles. The molecule has 3 rings (SSSR count). The van der Waals surface area contributed by atoms with Gasteiger partial charge in [-0.25, -0.2) is 0 Å². The highest BCUT2D eigenvalue weighted by molar-refractivity contribution is 5.42. The van der Waals surface area contributed by atoms with E-state index in [1.165, 1.54) is 19.0 Å². The van der Waals surface area contributed by atoms with E-state index in [9.17, 15) is 15.3 Å². The van der Waals surface area contributed by atoms with Crippen molar-refractivity contribution in [3.63, 3.8) is 0 Å². The largest absolute Gasteiger partial charge is 0.506 e. The van der Waals surface area contributed by atoms with Gasteiger partial charge < -0.3 is 47.8 Å². The lowest BCUT2D eigenvalue weighted by Gasteiger charge is -2.11. The minimum Gasteiger partial charge on any atom is -0.506 e. The SMILES string of the molecule is CCCCCCc1ncc(CO)c(CN)c1O.CCCc1ncc(CO)c(CN)c1O.Cc1ncc(CO)c(CN)c1O. The van der Waals surface area contributed by atoms with Gasteiger partial charge in [0.1, 0.15) is 17.2 Å². The summed E-state index contributed by atoms with van der Waals surface area (Å²) in [5.41, 5.74) is 21.9. The van der Waals surface area contributed by atoms with Gasteiger partial charge in [0.15, 0.2) is 0 Å². The zero-order valence-corrected chi connectivity index (χ0v) is 25.7. The summed E-state index contributed by atoms with van der Waals surface area (Å²) in [4.78, 5) is 12.2. The van der Waals surface area contributed by atoms with Gasteiger partial charge in [-0.1, -0.05) is 39.5 Å². The van der Waals surface area contributed by atoms with Crippen LogP contribution in [0.25, 0.3) is 0 Å². The van der Waals surface area contributed by atoms with Crippen LogP contribution >= 0.6 is 0 Å². The molecule has 240 valence electrons. The fourth-order valence-corrected chi connectivity index (χ4v) is 4.34. The molecule has 0 amide bonds. The smallest absolute Gasteiger partial charge is 0.141 e. The number of aromatic nitrogens is 3. The highest BCUT2D eigenvalue weighted by Crippen LogP contribution is 2.26. The van der Waals surface area contributed by atoms with Crippen LogP contribution in [0.3, 0.4) is 0 Å². The van der Waals surface area contributed by atoms with Gasteiger partial charge >= 0.3 is 0 Å². The van der Waals surface area contributed by atoms with Crippen molar-refractivity contribution >= 4 is 0 Å². The molecule has 12 heteroatoms. The molecule has 0 aliphatic rings. The number of aliphatic hydroxyl groups is 3. The van der Waals surface area contributed by atoms with Crippen LogP contribution < -0.4 is 17.2 Å². The number of aromatic hydroxyl groups is 3. The van der Waals surface area contributed by atoms with E-state index in [4.69, 9.17) is 32.5 Å². The second-order valence-electron chi connectivity index (χ2n) is 9.96. The maximum absolute atomic E-state index is 10.0. The monoisotopic (exact) mass is 602 g/mol. The number of unbranched alkanes of at least 4 members (excludes halogenated alkanes) is 3. The highest BCUT2D eigenvalue weighted by atomic mass is 16.3. The predicted octanol–water partition coefficient (Wildman–Crippen LogP) is 2.60. The van der Waals surface area contributed by atoms with E-state index in [0.717, 1.165) is 32.1 Å². The van der Waals surface area contributed by atoms with Crippen molar-refractivity contribution < 1.29 is 30.6 Å². The summed E-state index contributed by atoms with van der Waals surface area (Å²) in [7, 11) is 0. The van der Waals surface area contributed by atoms with Crippen LogP contribution in [0.5, 0.6) is 17.2 Å². The third-order valence-corrected chi connectivity index (χ3v) is 6.95. The number of aliphatic hydroxyl groups excluding tert-OH is 3. The van der Waals surface area contributed by atoms with Crippen LogP contribution in [0.4, 0.5) is 0 Å². The molecule has 0 aliphatic carbocycles. The summed E-state index contributed by atoms with van der Waals surface area (Å²) >= 11 is 0. The molecule has 43 heavy (non-hydrogen) atoms. The van der Waals surface area contributed by atoms with Crippen LogP contribution in [0.1, 0.15) is 96.4 Å². The Morgan fingerprint density at radius 2 is 0.977 bits per heavy atom. The van der Waals surface area contributed by atoms with Gasteiger partial charge in [0.05, 0.1) is 36.9 Å². The van der Waals surface area contributed by atoms with Crippen molar-refractivity contribution in [2.24, 2.45) is 17.2 Å². The summed E-state index contributed by atoms with van der Waals surface area (Å²) in [6.45, 7) is 6.12. The van der Waals surface area contributed by atoms with Crippen LogP contribution in [0.15, 0.2) is 18.6 Å². The number of nitrogens with two attached hydrogens (primary N) is 3. The number of rotatable bonds is 13. The van der Waals surface area contributed by atoms with Gasteiger partial charge in [0.2, 0.25) is 0 Å². The standard InChI is InChI=1S/C13H22N2O2.C10H16N2O2.C8H12N2O2/c1-2-3-4-5-6-12-13(17)11(7-14)10(9-16)8-15-12;1-2-3-9-10(14)8(4-11)7(6-13)5-12-9;1-5-8(12)7(2-9)6(4-11)3-10-5/h8,16-17H,2-7,9,14H2,1H3;5,13-14H,2-4,6,11H2,1H3;3,11-12H,2,4,9H2,1H3. The zero-order chi connectivity index (χ0) is 32.4. The first kappa shape index (κ1) is 37.6. The molecule has 3 heterocycles. The molecular weight excluding hydrogens is 552 g/mol. The van der Waals surface area contributed by atoms with Gasteiger partial charge in [0.25, 0.3) is 0 Å². The molecule has 12 nitrogen and oxygen atoms in total. The molecule has 0 aromatic carbocycles. The Labute approximate surface area is 254 Å². The van der Waals surface area contributed by atoms with Crippen molar-refractivity contribution in [1.82, 2.24) is 15.0 Å². The summed E-state index contributed by atoms with van der Waals surface area (Å²) in [5, 5.41) is 56.2. The normalized spacial score (nSPS) is 10.5. The van der Waals surface area contributed by atoms with E-state index in [0.29, 0.717) is 50.5 Å². The van der Waals surface area contributed by atoms with Gasteiger partial charge in [-0.2, -0.15) is 0 Å². The molecule has 0 unspecified atom stereocenters. The number of pyridine rings is 3. The topological polar surface area (TPSA) is 238 Å². The molecule has 0 atom stereocenters. The third-order valence-electron chi connectivity index (χ3n) is 6.95. The minimum absolute atomic E-state index is 0.0871. The summed E-state index contributed by atoms with van der Waals surface area (Å²) in [6, 6.07) is 0. The molecule has 12 N–H and O–H groups in total. The van der Waals surface area contributed by atoms with Crippen molar-refractivity contribution in [3.8, 4) is 17.2 Å². The van der Waals surface area contributed by atoms with Crippen LogP contribution in [-0.4, -0.2) is 45.6 Å². The Morgan fingerprint density at radius 1 is 0.558 bits per heavy atom. The molecular formula is C31H50N6O6. The fourth-order valence-electron chi connectivity index (χ4n) is 4.34. The first-order valence-corrected chi connectivity index (χ1v) is 14.6. The number of hydrogen-bond acceptors (Lipinski definition) is 12. The quantitative estimate of drug-likeness (QED) is 0.128. The Hall–Kier alpha value is -3.39. The van der Waals surface area contributed by atoms with E-state index in [1.54, 1.807) is 19.3 Å².